The second-order valence-corrected chi connectivity index (χ2v) is 3.43. The number of rotatable bonds is 1. The van der Waals surface area contributed by atoms with Crippen molar-refractivity contribution in [3.8, 4) is 0 Å². The molecule has 0 aromatic heterocycles. The smallest absolute Gasteiger partial charge is 0.257 e. The van der Waals surface area contributed by atoms with E-state index in [1.54, 1.807) is 0 Å². The van der Waals surface area contributed by atoms with Crippen molar-refractivity contribution in [2.24, 2.45) is 0 Å². The Morgan fingerprint density at radius 2 is 2.23 bits per heavy atom. The highest BCUT2D eigenvalue weighted by Gasteiger charge is 2.25. The SMILES string of the molecule is O=C1NC(=S)c2cccc(CCl)c21. The van der Waals surface area contributed by atoms with Crippen molar-refractivity contribution in [1.29, 1.82) is 0 Å². The standard InChI is InChI=1S/C9H6ClNOS/c10-4-5-2-1-3-6-7(5)8(12)11-9(6)13/h1-3H,4H2,(H,11,12,13). The number of hydrogen-bond acceptors (Lipinski definition) is 2. The highest BCUT2D eigenvalue weighted by molar-refractivity contribution is 7.80. The summed E-state index contributed by atoms with van der Waals surface area (Å²) in [5.74, 6) is 0.190. The zero-order valence-corrected chi connectivity index (χ0v) is 8.21. The van der Waals surface area contributed by atoms with Crippen LogP contribution in [0.1, 0.15) is 21.5 Å². The molecule has 2 rings (SSSR count). The van der Waals surface area contributed by atoms with E-state index in [0.29, 0.717) is 16.4 Å². The summed E-state index contributed by atoms with van der Waals surface area (Å²) in [5.41, 5.74) is 2.25. The van der Waals surface area contributed by atoms with E-state index in [2.05, 4.69) is 5.32 Å². The average Bonchev–Trinajstić information content (AvgIpc) is 2.43. The van der Waals surface area contributed by atoms with Crippen LogP contribution in [0.3, 0.4) is 0 Å². The van der Waals surface area contributed by atoms with Crippen LogP contribution < -0.4 is 5.32 Å². The molecular weight excluding hydrogens is 206 g/mol. The van der Waals surface area contributed by atoms with Crippen LogP contribution in [-0.4, -0.2) is 10.9 Å². The minimum Gasteiger partial charge on any atom is -0.312 e. The molecule has 0 unspecified atom stereocenters. The van der Waals surface area contributed by atoms with E-state index >= 15 is 0 Å². The number of thiocarbonyl (C=S) groups is 1. The molecule has 1 aliphatic rings. The number of halogens is 1. The van der Waals surface area contributed by atoms with E-state index in [-0.39, 0.29) is 5.91 Å². The van der Waals surface area contributed by atoms with Gasteiger partial charge in [-0.15, -0.1) is 11.6 Å². The first-order valence-electron chi connectivity index (χ1n) is 3.77. The van der Waals surface area contributed by atoms with Crippen LogP contribution in [0.5, 0.6) is 0 Å². The van der Waals surface area contributed by atoms with Crippen molar-refractivity contribution >= 4 is 34.7 Å². The van der Waals surface area contributed by atoms with Crippen molar-refractivity contribution in [1.82, 2.24) is 5.32 Å². The van der Waals surface area contributed by atoms with E-state index in [1.165, 1.54) is 0 Å². The number of hydrogen-bond donors (Lipinski definition) is 1. The van der Waals surface area contributed by atoms with Gasteiger partial charge in [0.25, 0.3) is 5.91 Å². The van der Waals surface area contributed by atoms with Gasteiger partial charge in [-0.3, -0.25) is 4.79 Å². The molecule has 13 heavy (non-hydrogen) atoms. The van der Waals surface area contributed by atoms with E-state index in [1.807, 2.05) is 18.2 Å². The van der Waals surface area contributed by atoms with Crippen LogP contribution in [0.4, 0.5) is 0 Å². The van der Waals surface area contributed by atoms with Crippen molar-refractivity contribution in [2.45, 2.75) is 5.88 Å². The Hall–Kier alpha value is -0.930. The molecule has 0 spiro atoms. The number of alkyl halides is 1. The van der Waals surface area contributed by atoms with E-state index in [9.17, 15) is 4.79 Å². The van der Waals surface area contributed by atoms with Gasteiger partial charge in [0.05, 0.1) is 5.56 Å². The summed E-state index contributed by atoms with van der Waals surface area (Å²) in [4.78, 5) is 11.9. The Morgan fingerprint density at radius 3 is 2.92 bits per heavy atom. The van der Waals surface area contributed by atoms with Gasteiger partial charge in [0.2, 0.25) is 0 Å². The summed E-state index contributed by atoms with van der Waals surface area (Å²) in [5, 5.41) is 2.59. The van der Waals surface area contributed by atoms with Gasteiger partial charge in [0.15, 0.2) is 0 Å². The Morgan fingerprint density at radius 1 is 1.46 bits per heavy atom. The number of fused-ring (bicyclic) bond motifs is 1. The van der Waals surface area contributed by atoms with Gasteiger partial charge in [-0.1, -0.05) is 30.4 Å². The van der Waals surface area contributed by atoms with Crippen molar-refractivity contribution < 1.29 is 4.79 Å². The second-order valence-electron chi connectivity index (χ2n) is 2.76. The molecule has 4 heteroatoms. The molecule has 1 amide bonds. The Balaban J connectivity index is 2.69. The molecule has 2 nitrogen and oxygen atoms in total. The third kappa shape index (κ3) is 1.24. The summed E-state index contributed by atoms with van der Waals surface area (Å²) in [7, 11) is 0. The van der Waals surface area contributed by atoms with Crippen molar-refractivity contribution in [3.63, 3.8) is 0 Å². The quantitative estimate of drug-likeness (QED) is 0.568. The summed E-state index contributed by atoms with van der Waals surface area (Å²) in [6.07, 6.45) is 0. The van der Waals surface area contributed by atoms with Gasteiger partial charge in [-0.2, -0.15) is 0 Å². The molecule has 1 aromatic rings. The lowest BCUT2D eigenvalue weighted by atomic mass is 10.0. The van der Waals surface area contributed by atoms with Crippen LogP contribution in [0.25, 0.3) is 0 Å². The zero-order chi connectivity index (χ0) is 9.42. The topological polar surface area (TPSA) is 29.1 Å². The predicted molar refractivity (Wildman–Crippen MR) is 55.2 cm³/mol. The summed E-state index contributed by atoms with van der Waals surface area (Å²) < 4.78 is 0. The molecule has 0 atom stereocenters. The molecule has 1 aromatic carbocycles. The van der Waals surface area contributed by atoms with E-state index in [4.69, 9.17) is 23.8 Å². The molecule has 0 saturated carbocycles. The third-order valence-electron chi connectivity index (χ3n) is 1.99. The predicted octanol–water partition coefficient (Wildman–Crippen LogP) is 1.84. The van der Waals surface area contributed by atoms with Gasteiger partial charge >= 0.3 is 0 Å². The van der Waals surface area contributed by atoms with Gasteiger partial charge in [-0.25, -0.2) is 0 Å². The van der Waals surface area contributed by atoms with Gasteiger partial charge in [0.1, 0.15) is 4.99 Å². The van der Waals surface area contributed by atoms with Crippen LogP contribution >= 0.6 is 23.8 Å². The zero-order valence-electron chi connectivity index (χ0n) is 6.63. The molecule has 0 bridgehead atoms. The number of carbonyl (C=O) groups is 1. The Labute approximate surface area is 85.9 Å². The van der Waals surface area contributed by atoms with Crippen LogP contribution in [0, 0.1) is 0 Å². The summed E-state index contributed by atoms with van der Waals surface area (Å²) in [6, 6.07) is 5.51. The minimum absolute atomic E-state index is 0.142. The normalized spacial score (nSPS) is 14.2. The maximum atomic E-state index is 11.4. The maximum Gasteiger partial charge on any atom is 0.257 e. The molecule has 1 heterocycles. The number of benzene rings is 1. The van der Waals surface area contributed by atoms with E-state index < -0.39 is 0 Å². The molecule has 66 valence electrons. The van der Waals surface area contributed by atoms with Crippen LogP contribution in [-0.2, 0) is 5.88 Å². The average molecular weight is 212 g/mol. The Bertz CT molecular complexity index is 403. The molecule has 0 radical (unpaired) electrons. The molecule has 1 N–H and O–H groups in total. The second kappa shape index (κ2) is 3.09. The maximum absolute atomic E-state index is 11.4. The lowest BCUT2D eigenvalue weighted by molar-refractivity contribution is 0.0983. The first kappa shape index (κ1) is 8.66. The lowest BCUT2D eigenvalue weighted by Crippen LogP contribution is -2.19. The van der Waals surface area contributed by atoms with E-state index in [0.717, 1.165) is 11.1 Å². The van der Waals surface area contributed by atoms with Crippen molar-refractivity contribution in [2.75, 3.05) is 0 Å². The van der Waals surface area contributed by atoms with Gasteiger partial charge in [-0.05, 0) is 5.56 Å². The fourth-order valence-corrected chi connectivity index (χ4v) is 1.89. The minimum atomic E-state index is -0.142. The van der Waals surface area contributed by atoms with Crippen molar-refractivity contribution in [3.05, 3.63) is 34.9 Å². The van der Waals surface area contributed by atoms with Crippen LogP contribution in [0.2, 0.25) is 0 Å². The van der Waals surface area contributed by atoms with Crippen LogP contribution in [0.15, 0.2) is 18.2 Å². The number of amides is 1. The number of carbonyl (C=O) groups excluding carboxylic acids is 1. The first-order valence-corrected chi connectivity index (χ1v) is 4.72. The van der Waals surface area contributed by atoms with Gasteiger partial charge < -0.3 is 5.32 Å². The third-order valence-corrected chi connectivity index (χ3v) is 2.60. The highest BCUT2D eigenvalue weighted by atomic mass is 35.5. The Kier molecular flexibility index (Phi) is 2.06. The number of nitrogens with one attached hydrogen (secondary N) is 1. The molecular formula is C9H6ClNOS. The molecule has 0 fully saturated rings. The first-order chi connectivity index (χ1) is 6.24. The van der Waals surface area contributed by atoms with Gasteiger partial charge in [0, 0.05) is 11.4 Å². The summed E-state index contributed by atoms with van der Waals surface area (Å²) in [6.45, 7) is 0. The largest absolute Gasteiger partial charge is 0.312 e. The molecule has 0 saturated heterocycles. The lowest BCUT2D eigenvalue weighted by Gasteiger charge is -2.00. The fourth-order valence-electron chi connectivity index (χ4n) is 1.40. The monoisotopic (exact) mass is 211 g/mol. The summed E-state index contributed by atoms with van der Waals surface area (Å²) >= 11 is 10.7. The highest BCUT2D eigenvalue weighted by Crippen LogP contribution is 2.21. The molecule has 0 aliphatic carbocycles. The fraction of sp³-hybridized carbons (Fsp3) is 0.111. The molecule has 1 aliphatic heterocycles.